The van der Waals surface area contributed by atoms with Gasteiger partial charge >= 0.3 is 0 Å². The van der Waals surface area contributed by atoms with Crippen molar-refractivity contribution in [1.82, 2.24) is 4.90 Å². The van der Waals surface area contributed by atoms with Gasteiger partial charge in [0, 0.05) is 23.6 Å². The molecule has 1 aliphatic rings. The summed E-state index contributed by atoms with van der Waals surface area (Å²) in [5.74, 6) is -0.404. The van der Waals surface area contributed by atoms with Crippen LogP contribution in [0.1, 0.15) is 19.4 Å². The van der Waals surface area contributed by atoms with Gasteiger partial charge in [-0.05, 0) is 67.9 Å². The van der Waals surface area contributed by atoms with Crippen molar-refractivity contribution in [3.05, 3.63) is 95.7 Å². The van der Waals surface area contributed by atoms with Crippen LogP contribution in [-0.2, 0) is 20.9 Å². The molecule has 0 radical (unpaired) electrons. The van der Waals surface area contributed by atoms with Crippen LogP contribution in [0.15, 0.2) is 90.1 Å². The molecule has 3 aromatic carbocycles. The molecule has 37 heavy (non-hydrogen) atoms. The van der Waals surface area contributed by atoms with Crippen LogP contribution in [0, 0.1) is 0 Å². The highest BCUT2D eigenvalue weighted by Crippen LogP contribution is 2.37. The Morgan fingerprint density at radius 2 is 1.32 bits per heavy atom. The Balaban J connectivity index is 1.66. The van der Waals surface area contributed by atoms with E-state index in [-0.39, 0.29) is 12.1 Å². The maximum atomic E-state index is 13.8. The number of hydrogen-bond donors (Lipinski definition) is 2. The summed E-state index contributed by atoms with van der Waals surface area (Å²) >= 11 is 0. The highest BCUT2D eigenvalue weighted by molar-refractivity contribution is 6.34. The summed E-state index contributed by atoms with van der Waals surface area (Å²) in [6.07, 6.45) is 0. The lowest BCUT2D eigenvalue weighted by atomic mass is 9.91. The van der Waals surface area contributed by atoms with E-state index >= 15 is 0 Å². The second kappa shape index (κ2) is 10.6. The van der Waals surface area contributed by atoms with E-state index in [1.807, 2.05) is 30.3 Å². The van der Waals surface area contributed by atoms with Gasteiger partial charge in [-0.3, -0.25) is 14.4 Å². The number of ketones is 1. The minimum absolute atomic E-state index is 0.0564. The van der Waals surface area contributed by atoms with Crippen molar-refractivity contribution in [3.8, 4) is 11.5 Å². The third kappa shape index (κ3) is 5.04. The molecule has 0 saturated carbocycles. The smallest absolute Gasteiger partial charge is 0.261 e. The number of carbonyl (C=O) groups is 3. The monoisotopic (exact) mass is 499 g/mol. The molecule has 8 nitrogen and oxygen atoms in total. The first kappa shape index (κ1) is 25.5. The average molecular weight is 500 g/mol. The Morgan fingerprint density at radius 3 is 1.84 bits per heavy atom. The summed E-state index contributed by atoms with van der Waals surface area (Å²) in [5.41, 5.74) is 0.631. The van der Waals surface area contributed by atoms with E-state index in [1.54, 1.807) is 81.5 Å². The maximum absolute atomic E-state index is 13.8. The molecule has 0 saturated heterocycles. The lowest BCUT2D eigenvalue weighted by Crippen LogP contribution is -2.55. The molecular weight excluding hydrogens is 470 g/mol. The molecule has 4 rings (SSSR count). The van der Waals surface area contributed by atoms with Crippen LogP contribution in [-0.4, -0.2) is 42.3 Å². The Bertz CT molecular complexity index is 1330. The zero-order valence-electron chi connectivity index (χ0n) is 21.2. The predicted molar refractivity (Wildman–Crippen MR) is 141 cm³/mol. The first-order valence-electron chi connectivity index (χ1n) is 11.8. The van der Waals surface area contributed by atoms with Crippen molar-refractivity contribution in [2.45, 2.75) is 25.9 Å². The van der Waals surface area contributed by atoms with Crippen molar-refractivity contribution in [3.63, 3.8) is 0 Å². The van der Waals surface area contributed by atoms with Gasteiger partial charge in [0.25, 0.3) is 11.8 Å². The summed E-state index contributed by atoms with van der Waals surface area (Å²) < 4.78 is 10.3. The Morgan fingerprint density at radius 1 is 0.811 bits per heavy atom. The molecule has 1 heterocycles. The van der Waals surface area contributed by atoms with Crippen LogP contribution in [0.3, 0.4) is 0 Å². The van der Waals surface area contributed by atoms with Crippen LogP contribution in [0.25, 0.3) is 0 Å². The number of amides is 2. The van der Waals surface area contributed by atoms with Gasteiger partial charge in [-0.2, -0.15) is 0 Å². The highest BCUT2D eigenvalue weighted by atomic mass is 16.5. The standard InChI is InChI=1S/C29H29N3O5/c1-19-25(27(34)30-21-10-14-23(36-3)15-11-21)26(33)29(2,32(19)18-20-8-6-5-7-9-20)28(35)31-22-12-16-24(37-4)17-13-22/h5-17H,18H2,1-4H3,(H,30,34)(H,31,35). The highest BCUT2D eigenvalue weighted by Gasteiger charge is 2.55. The molecule has 0 aliphatic carbocycles. The van der Waals surface area contributed by atoms with Gasteiger partial charge in [0.1, 0.15) is 17.1 Å². The molecule has 0 spiro atoms. The zero-order chi connectivity index (χ0) is 26.6. The van der Waals surface area contributed by atoms with Gasteiger partial charge in [0.15, 0.2) is 5.54 Å². The number of ether oxygens (including phenoxy) is 2. The third-order valence-corrected chi connectivity index (χ3v) is 6.52. The molecule has 1 aliphatic heterocycles. The fraction of sp³-hybridized carbons (Fsp3) is 0.207. The SMILES string of the molecule is COc1ccc(NC(=O)C2=C(C)N(Cc3ccccc3)C(C)(C(=O)Nc3ccc(OC)cc3)C2=O)cc1. The van der Waals surface area contributed by atoms with Gasteiger partial charge in [-0.15, -0.1) is 0 Å². The number of anilines is 2. The number of benzene rings is 3. The van der Waals surface area contributed by atoms with E-state index in [4.69, 9.17) is 9.47 Å². The number of hydrogen-bond acceptors (Lipinski definition) is 6. The van der Waals surface area contributed by atoms with Crippen LogP contribution >= 0.6 is 0 Å². The summed E-state index contributed by atoms with van der Waals surface area (Å²) in [5, 5.41) is 5.61. The molecule has 190 valence electrons. The van der Waals surface area contributed by atoms with Crippen molar-refractivity contribution in [2.24, 2.45) is 0 Å². The fourth-order valence-electron chi connectivity index (χ4n) is 4.33. The minimum Gasteiger partial charge on any atom is -0.497 e. The normalized spacial score (nSPS) is 17.0. The summed E-state index contributed by atoms with van der Waals surface area (Å²) in [6, 6.07) is 23.1. The molecule has 0 bridgehead atoms. The molecule has 1 atom stereocenters. The summed E-state index contributed by atoms with van der Waals surface area (Å²) in [6.45, 7) is 3.51. The Hall–Kier alpha value is -4.59. The first-order chi connectivity index (χ1) is 17.8. The molecule has 1 unspecified atom stereocenters. The number of methoxy groups -OCH3 is 2. The maximum Gasteiger partial charge on any atom is 0.261 e. The molecule has 3 aromatic rings. The number of carbonyl (C=O) groups excluding carboxylic acids is 3. The quantitative estimate of drug-likeness (QED) is 0.352. The predicted octanol–water partition coefficient (Wildman–Crippen LogP) is 4.40. The summed E-state index contributed by atoms with van der Waals surface area (Å²) in [4.78, 5) is 42.5. The van der Waals surface area contributed by atoms with Crippen LogP contribution in [0.2, 0.25) is 0 Å². The van der Waals surface area contributed by atoms with Crippen LogP contribution < -0.4 is 20.1 Å². The summed E-state index contributed by atoms with van der Waals surface area (Å²) in [7, 11) is 3.11. The molecular formula is C29H29N3O5. The number of rotatable bonds is 8. The van der Waals surface area contributed by atoms with Crippen molar-refractivity contribution >= 4 is 29.0 Å². The van der Waals surface area contributed by atoms with Gasteiger partial charge < -0.3 is 25.0 Å². The van der Waals surface area contributed by atoms with Crippen LogP contribution in [0.4, 0.5) is 11.4 Å². The number of nitrogens with zero attached hydrogens (tertiary/aromatic N) is 1. The van der Waals surface area contributed by atoms with E-state index < -0.39 is 23.1 Å². The van der Waals surface area contributed by atoms with Crippen molar-refractivity contribution in [2.75, 3.05) is 24.9 Å². The second-order valence-electron chi connectivity index (χ2n) is 8.80. The van der Waals surface area contributed by atoms with Crippen molar-refractivity contribution < 1.29 is 23.9 Å². The minimum atomic E-state index is -1.65. The molecule has 0 fully saturated rings. The van der Waals surface area contributed by atoms with E-state index in [0.717, 1.165) is 5.56 Å². The van der Waals surface area contributed by atoms with E-state index in [0.29, 0.717) is 28.6 Å². The van der Waals surface area contributed by atoms with Gasteiger partial charge in [-0.25, -0.2) is 0 Å². The molecule has 0 aromatic heterocycles. The van der Waals surface area contributed by atoms with Crippen molar-refractivity contribution in [1.29, 1.82) is 0 Å². The first-order valence-corrected chi connectivity index (χ1v) is 11.8. The largest absolute Gasteiger partial charge is 0.497 e. The molecule has 2 N–H and O–H groups in total. The number of Topliss-reactive ketones (excluding diaryl/α,β-unsaturated/α-hetero) is 1. The number of nitrogens with one attached hydrogen (secondary N) is 2. The Kier molecular flexibility index (Phi) is 7.29. The lowest BCUT2D eigenvalue weighted by molar-refractivity contribution is -0.135. The van der Waals surface area contributed by atoms with Crippen LogP contribution in [0.5, 0.6) is 11.5 Å². The van der Waals surface area contributed by atoms with Gasteiger partial charge in [0.2, 0.25) is 5.78 Å². The number of allylic oxidation sites excluding steroid dienone is 1. The van der Waals surface area contributed by atoms with E-state index in [9.17, 15) is 14.4 Å². The van der Waals surface area contributed by atoms with E-state index in [1.165, 1.54) is 0 Å². The van der Waals surface area contributed by atoms with E-state index in [2.05, 4.69) is 10.6 Å². The third-order valence-electron chi connectivity index (χ3n) is 6.52. The fourth-order valence-corrected chi connectivity index (χ4v) is 4.33. The van der Waals surface area contributed by atoms with Gasteiger partial charge in [-0.1, -0.05) is 30.3 Å². The topological polar surface area (TPSA) is 97.0 Å². The second-order valence-corrected chi connectivity index (χ2v) is 8.80. The Labute approximate surface area is 215 Å². The zero-order valence-corrected chi connectivity index (χ0v) is 21.2. The molecule has 2 amide bonds. The average Bonchev–Trinajstić information content (AvgIpc) is 3.11. The van der Waals surface area contributed by atoms with Gasteiger partial charge in [0.05, 0.1) is 14.2 Å². The lowest BCUT2D eigenvalue weighted by Gasteiger charge is -2.35. The molecule has 8 heteroatoms.